The van der Waals surface area contributed by atoms with E-state index in [1.54, 1.807) is 11.1 Å². The third-order valence-corrected chi connectivity index (χ3v) is 11.4. The van der Waals surface area contributed by atoms with Crippen molar-refractivity contribution in [2.75, 3.05) is 6.61 Å². The number of sulfonamides is 1. The highest BCUT2D eigenvalue weighted by molar-refractivity contribution is 8.18. The maximum atomic E-state index is 13.7. The summed E-state index contributed by atoms with van der Waals surface area (Å²) >= 11 is 2.50. The standard InChI is InChI=1S/C24H26N4O5S3/c1-14-25-11-17(34-14)13-27-21(29)18-10-20(36(31,32)26-24(2)6-7-24)35-22(18)28(23(27)30)12-15-3-4-16-5-8-33-19(16)9-15/h3-4,9-11,18,22,26H,5-8,12-13H2,1-2H3. The second-order valence-electron chi connectivity index (χ2n) is 9.91. The topological polar surface area (TPSA) is 109 Å². The van der Waals surface area contributed by atoms with Gasteiger partial charge in [0.25, 0.3) is 0 Å². The number of ether oxygens (including phenoxy) is 1. The predicted molar refractivity (Wildman–Crippen MR) is 137 cm³/mol. The molecule has 1 aromatic heterocycles. The highest BCUT2D eigenvalue weighted by Gasteiger charge is 2.52. The minimum atomic E-state index is -3.79. The van der Waals surface area contributed by atoms with Gasteiger partial charge in [-0.15, -0.1) is 11.3 Å². The van der Waals surface area contributed by atoms with Gasteiger partial charge in [-0.05, 0) is 50.0 Å². The molecule has 1 saturated carbocycles. The predicted octanol–water partition coefficient (Wildman–Crippen LogP) is 3.35. The molecule has 2 aromatic rings. The zero-order valence-corrected chi connectivity index (χ0v) is 22.3. The fourth-order valence-electron chi connectivity index (χ4n) is 4.71. The number of fused-ring (bicyclic) bond motifs is 2. The largest absolute Gasteiger partial charge is 0.493 e. The van der Waals surface area contributed by atoms with Crippen LogP contribution in [0.4, 0.5) is 4.79 Å². The van der Waals surface area contributed by atoms with Gasteiger partial charge < -0.3 is 9.64 Å². The van der Waals surface area contributed by atoms with Crippen LogP contribution in [0.5, 0.6) is 5.75 Å². The first-order valence-electron chi connectivity index (χ1n) is 11.8. The van der Waals surface area contributed by atoms with E-state index < -0.39 is 32.9 Å². The van der Waals surface area contributed by atoms with Crippen molar-refractivity contribution in [1.82, 2.24) is 19.5 Å². The number of carbonyl (C=O) groups is 2. The van der Waals surface area contributed by atoms with Crippen LogP contribution in [0, 0.1) is 12.8 Å². The number of rotatable bonds is 7. The summed E-state index contributed by atoms with van der Waals surface area (Å²) < 4.78 is 34.8. The van der Waals surface area contributed by atoms with E-state index in [0.29, 0.717) is 6.61 Å². The van der Waals surface area contributed by atoms with Crippen LogP contribution < -0.4 is 9.46 Å². The molecule has 2 unspecified atom stereocenters. The molecule has 4 heterocycles. The summed E-state index contributed by atoms with van der Waals surface area (Å²) in [6.07, 6.45) is 5.60. The number of thiazole rings is 1. The first-order valence-corrected chi connectivity index (χ1v) is 15.0. The molecule has 1 aromatic carbocycles. The van der Waals surface area contributed by atoms with Crippen LogP contribution >= 0.6 is 23.1 Å². The van der Waals surface area contributed by atoms with Gasteiger partial charge in [-0.3, -0.25) is 9.69 Å². The third kappa shape index (κ3) is 4.33. The molecule has 9 nitrogen and oxygen atoms in total. The van der Waals surface area contributed by atoms with Crippen LogP contribution in [0.2, 0.25) is 0 Å². The molecule has 3 aliphatic heterocycles. The van der Waals surface area contributed by atoms with Crippen molar-refractivity contribution in [3.63, 3.8) is 0 Å². The Balaban J connectivity index is 1.32. The van der Waals surface area contributed by atoms with Crippen LogP contribution in [0.1, 0.15) is 40.8 Å². The quantitative estimate of drug-likeness (QED) is 0.567. The van der Waals surface area contributed by atoms with E-state index in [9.17, 15) is 18.0 Å². The Bertz CT molecular complexity index is 1400. The summed E-state index contributed by atoms with van der Waals surface area (Å²) in [5.74, 6) is -0.338. The SMILES string of the molecule is Cc1ncc(CN2C(=O)C3C=C(S(=O)(=O)NC4(C)CC4)SC3N(Cc3ccc4c(c3)OCC4)C2=O)s1. The van der Waals surface area contributed by atoms with Crippen LogP contribution in [0.3, 0.4) is 0 Å². The molecule has 6 rings (SSSR count). The maximum absolute atomic E-state index is 13.7. The number of thioether (sulfide) groups is 1. The lowest BCUT2D eigenvalue weighted by atomic mass is 10.0. The van der Waals surface area contributed by atoms with Gasteiger partial charge >= 0.3 is 6.03 Å². The highest BCUT2D eigenvalue weighted by Crippen LogP contribution is 2.47. The molecule has 1 N–H and O–H groups in total. The molecular formula is C24H26N4O5S3. The van der Waals surface area contributed by atoms with Crippen molar-refractivity contribution < 1.29 is 22.7 Å². The lowest BCUT2D eigenvalue weighted by Gasteiger charge is -2.41. The van der Waals surface area contributed by atoms with Crippen molar-refractivity contribution in [2.24, 2.45) is 5.92 Å². The molecule has 190 valence electrons. The Kier molecular flexibility index (Phi) is 5.71. The Morgan fingerprint density at radius 2 is 2.06 bits per heavy atom. The number of imide groups is 1. The molecule has 0 spiro atoms. The number of urea groups is 1. The zero-order chi connectivity index (χ0) is 25.2. The first kappa shape index (κ1) is 24.0. The highest BCUT2D eigenvalue weighted by atomic mass is 32.3. The van der Waals surface area contributed by atoms with Gasteiger partial charge in [0.2, 0.25) is 15.9 Å². The molecular weight excluding hydrogens is 520 g/mol. The minimum absolute atomic E-state index is 0.101. The van der Waals surface area contributed by atoms with Crippen LogP contribution in [0.25, 0.3) is 0 Å². The second kappa shape index (κ2) is 8.57. The number of aryl methyl sites for hydroxylation is 1. The van der Waals surface area contributed by atoms with Crippen molar-refractivity contribution in [3.05, 3.63) is 55.7 Å². The molecule has 2 fully saturated rings. The molecule has 0 radical (unpaired) electrons. The monoisotopic (exact) mass is 546 g/mol. The number of benzene rings is 1. The molecule has 0 bridgehead atoms. The smallest absolute Gasteiger partial charge is 0.328 e. The number of nitrogens with one attached hydrogen (secondary N) is 1. The van der Waals surface area contributed by atoms with Crippen molar-refractivity contribution in [1.29, 1.82) is 0 Å². The van der Waals surface area contributed by atoms with Gasteiger partial charge in [0.05, 0.1) is 24.1 Å². The third-order valence-electron chi connectivity index (χ3n) is 6.94. The summed E-state index contributed by atoms with van der Waals surface area (Å²) in [5.41, 5.74) is 1.56. The van der Waals surface area contributed by atoms with Crippen LogP contribution in [0.15, 0.2) is 34.7 Å². The summed E-state index contributed by atoms with van der Waals surface area (Å²) in [6, 6.07) is 5.46. The van der Waals surface area contributed by atoms with Gasteiger partial charge in [0.1, 0.15) is 15.4 Å². The van der Waals surface area contributed by atoms with Gasteiger partial charge in [-0.1, -0.05) is 23.9 Å². The Labute approximate surface area is 217 Å². The van der Waals surface area contributed by atoms with E-state index in [-0.39, 0.29) is 23.2 Å². The zero-order valence-electron chi connectivity index (χ0n) is 19.9. The van der Waals surface area contributed by atoms with Gasteiger partial charge in [0.15, 0.2) is 0 Å². The van der Waals surface area contributed by atoms with E-state index in [1.807, 2.05) is 32.0 Å². The summed E-state index contributed by atoms with van der Waals surface area (Å²) in [4.78, 5) is 35.1. The summed E-state index contributed by atoms with van der Waals surface area (Å²) in [6.45, 7) is 4.71. The Morgan fingerprint density at radius 3 is 2.78 bits per heavy atom. The number of hydrogen-bond acceptors (Lipinski definition) is 8. The molecule has 1 aliphatic carbocycles. The summed E-state index contributed by atoms with van der Waals surface area (Å²) in [7, 11) is -3.79. The number of hydrogen-bond donors (Lipinski definition) is 1. The van der Waals surface area contributed by atoms with Crippen molar-refractivity contribution >= 4 is 45.1 Å². The Morgan fingerprint density at radius 1 is 1.25 bits per heavy atom. The molecule has 4 aliphatic rings. The average molecular weight is 547 g/mol. The van der Waals surface area contributed by atoms with Gasteiger partial charge in [-0.2, -0.15) is 0 Å². The lowest BCUT2D eigenvalue weighted by Crippen LogP contribution is -2.58. The van der Waals surface area contributed by atoms with Crippen molar-refractivity contribution in [3.8, 4) is 5.75 Å². The normalized spacial score (nSPS) is 24.4. The fraction of sp³-hybridized carbons (Fsp3) is 0.458. The first-order chi connectivity index (χ1) is 17.1. The molecule has 2 atom stereocenters. The number of amides is 3. The maximum Gasteiger partial charge on any atom is 0.328 e. The van der Waals surface area contributed by atoms with E-state index in [1.165, 1.54) is 22.3 Å². The van der Waals surface area contributed by atoms with E-state index in [4.69, 9.17) is 4.74 Å². The number of carbonyl (C=O) groups excluding carboxylic acids is 2. The fourth-order valence-corrected chi connectivity index (χ4v) is 8.80. The summed E-state index contributed by atoms with van der Waals surface area (Å²) in [5, 5.41) is 0.205. The van der Waals surface area contributed by atoms with E-state index >= 15 is 0 Å². The van der Waals surface area contributed by atoms with E-state index in [2.05, 4.69) is 9.71 Å². The second-order valence-corrected chi connectivity index (χ2v) is 14.3. The average Bonchev–Trinajstić information content (AvgIpc) is 3.25. The molecule has 3 amide bonds. The molecule has 1 saturated heterocycles. The molecule has 12 heteroatoms. The van der Waals surface area contributed by atoms with Gasteiger partial charge in [-0.25, -0.2) is 22.9 Å². The number of nitrogens with zero attached hydrogens (tertiary/aromatic N) is 3. The lowest BCUT2D eigenvalue weighted by molar-refractivity contribution is -0.135. The van der Waals surface area contributed by atoms with Gasteiger partial charge in [0, 0.05) is 29.6 Å². The van der Waals surface area contributed by atoms with Crippen LogP contribution in [-0.2, 0) is 34.3 Å². The molecule has 36 heavy (non-hydrogen) atoms. The minimum Gasteiger partial charge on any atom is -0.493 e. The van der Waals surface area contributed by atoms with E-state index in [0.717, 1.165) is 57.8 Å². The number of aromatic nitrogens is 1. The van der Waals surface area contributed by atoms with Crippen molar-refractivity contribution in [2.45, 2.75) is 57.1 Å². The van der Waals surface area contributed by atoms with Crippen LogP contribution in [-0.4, -0.2) is 52.7 Å². The Hall–Kier alpha value is -2.41.